The van der Waals surface area contributed by atoms with Crippen molar-refractivity contribution >= 4 is 11.6 Å². The summed E-state index contributed by atoms with van der Waals surface area (Å²) >= 11 is 0. The van der Waals surface area contributed by atoms with E-state index in [-0.39, 0.29) is 12.3 Å². The van der Waals surface area contributed by atoms with Crippen molar-refractivity contribution in [1.29, 1.82) is 0 Å². The lowest BCUT2D eigenvalue weighted by Crippen LogP contribution is -2.30. The number of benzene rings is 2. The van der Waals surface area contributed by atoms with Crippen LogP contribution in [0.25, 0.3) is 0 Å². The van der Waals surface area contributed by atoms with Gasteiger partial charge in [-0.3, -0.25) is 4.99 Å². The van der Waals surface area contributed by atoms with Crippen LogP contribution in [0.15, 0.2) is 47.5 Å². The molecule has 27 heavy (non-hydrogen) atoms. The number of ether oxygens (including phenoxy) is 3. The SMILES string of the molecule is CN=C(NCc1ccccc1OC(F)(F)F)Nc1ccc(OC)c(OC)c1. The Bertz CT molecular complexity index is 795. The summed E-state index contributed by atoms with van der Waals surface area (Å²) in [6.07, 6.45) is -4.75. The molecule has 0 heterocycles. The quantitative estimate of drug-likeness (QED) is 0.587. The Morgan fingerprint density at radius 3 is 2.33 bits per heavy atom. The number of aliphatic imine (C=N–C) groups is 1. The van der Waals surface area contributed by atoms with Gasteiger partial charge in [0, 0.05) is 30.9 Å². The summed E-state index contributed by atoms with van der Waals surface area (Å²) in [5.74, 6) is 1.20. The van der Waals surface area contributed by atoms with Crippen molar-refractivity contribution in [2.75, 3.05) is 26.6 Å². The Hall–Kier alpha value is -3.10. The summed E-state index contributed by atoms with van der Waals surface area (Å²) in [7, 11) is 4.60. The van der Waals surface area contributed by atoms with Crippen LogP contribution < -0.4 is 24.8 Å². The van der Waals surface area contributed by atoms with Crippen LogP contribution in [0.3, 0.4) is 0 Å². The van der Waals surface area contributed by atoms with Gasteiger partial charge in [0.25, 0.3) is 0 Å². The fourth-order valence-electron chi connectivity index (χ4n) is 2.28. The number of rotatable bonds is 6. The summed E-state index contributed by atoms with van der Waals surface area (Å²) in [4.78, 5) is 4.06. The van der Waals surface area contributed by atoms with Gasteiger partial charge in [0.15, 0.2) is 17.5 Å². The molecule has 0 bridgehead atoms. The number of nitrogens with one attached hydrogen (secondary N) is 2. The maximum absolute atomic E-state index is 12.5. The number of para-hydroxylation sites is 1. The van der Waals surface area contributed by atoms with Crippen LogP contribution in [-0.2, 0) is 6.54 Å². The Morgan fingerprint density at radius 1 is 1.00 bits per heavy atom. The van der Waals surface area contributed by atoms with Gasteiger partial charge >= 0.3 is 6.36 Å². The fourth-order valence-corrected chi connectivity index (χ4v) is 2.28. The van der Waals surface area contributed by atoms with Gasteiger partial charge in [-0.1, -0.05) is 18.2 Å². The predicted molar refractivity (Wildman–Crippen MR) is 96.5 cm³/mol. The third-order valence-electron chi connectivity index (χ3n) is 3.51. The van der Waals surface area contributed by atoms with Crippen molar-refractivity contribution < 1.29 is 27.4 Å². The standard InChI is InChI=1S/C18H20F3N3O3/c1-22-17(24-13-8-9-15(25-2)16(10-13)26-3)23-11-12-6-4-5-7-14(12)27-18(19,20)21/h4-10H,11H2,1-3H3,(H2,22,23,24). The molecule has 0 radical (unpaired) electrons. The smallest absolute Gasteiger partial charge is 0.493 e. The summed E-state index contributed by atoms with van der Waals surface area (Å²) in [6.45, 7) is 0.0826. The number of halogens is 3. The minimum absolute atomic E-state index is 0.0826. The molecule has 0 aliphatic heterocycles. The van der Waals surface area contributed by atoms with E-state index in [1.165, 1.54) is 32.4 Å². The second-order valence-corrected chi connectivity index (χ2v) is 5.28. The highest BCUT2D eigenvalue weighted by Crippen LogP contribution is 2.30. The van der Waals surface area contributed by atoms with Crippen molar-refractivity contribution in [3.05, 3.63) is 48.0 Å². The molecule has 0 fully saturated rings. The summed E-state index contributed by atoms with van der Waals surface area (Å²) in [6, 6.07) is 11.1. The van der Waals surface area contributed by atoms with Crippen molar-refractivity contribution in [3.8, 4) is 17.2 Å². The van der Waals surface area contributed by atoms with E-state index < -0.39 is 6.36 Å². The molecule has 0 unspecified atom stereocenters. The molecule has 0 aliphatic rings. The molecular weight excluding hydrogens is 363 g/mol. The van der Waals surface area contributed by atoms with Crippen molar-refractivity contribution in [1.82, 2.24) is 5.32 Å². The number of guanidine groups is 1. The van der Waals surface area contributed by atoms with Gasteiger partial charge in [0.2, 0.25) is 0 Å². The number of hydrogen-bond acceptors (Lipinski definition) is 4. The van der Waals surface area contributed by atoms with E-state index >= 15 is 0 Å². The summed E-state index contributed by atoms with van der Waals surface area (Å²) < 4.78 is 52.0. The van der Waals surface area contributed by atoms with Crippen LogP contribution in [0.5, 0.6) is 17.2 Å². The van der Waals surface area contributed by atoms with Crippen LogP contribution in [0, 0.1) is 0 Å². The zero-order valence-corrected chi connectivity index (χ0v) is 15.1. The van der Waals surface area contributed by atoms with E-state index in [9.17, 15) is 13.2 Å². The van der Waals surface area contributed by atoms with E-state index in [2.05, 4.69) is 20.4 Å². The number of methoxy groups -OCH3 is 2. The highest BCUT2D eigenvalue weighted by molar-refractivity contribution is 5.93. The largest absolute Gasteiger partial charge is 0.573 e. The Morgan fingerprint density at radius 2 is 1.70 bits per heavy atom. The van der Waals surface area contributed by atoms with E-state index in [0.29, 0.717) is 28.7 Å². The van der Waals surface area contributed by atoms with Gasteiger partial charge in [0.05, 0.1) is 14.2 Å². The molecule has 0 saturated heterocycles. The van der Waals surface area contributed by atoms with E-state index in [1.807, 2.05) is 0 Å². The number of hydrogen-bond donors (Lipinski definition) is 2. The maximum Gasteiger partial charge on any atom is 0.573 e. The first kappa shape index (κ1) is 20.2. The molecule has 2 N–H and O–H groups in total. The van der Waals surface area contributed by atoms with Crippen molar-refractivity contribution in [3.63, 3.8) is 0 Å². The minimum atomic E-state index is -4.75. The zero-order chi connectivity index (χ0) is 19.9. The summed E-state index contributed by atoms with van der Waals surface area (Å²) in [5.41, 5.74) is 1.01. The van der Waals surface area contributed by atoms with Crippen LogP contribution in [-0.4, -0.2) is 33.6 Å². The van der Waals surface area contributed by atoms with Gasteiger partial charge < -0.3 is 24.8 Å². The van der Waals surface area contributed by atoms with E-state index in [0.717, 1.165) is 0 Å². The first-order valence-electron chi connectivity index (χ1n) is 7.89. The van der Waals surface area contributed by atoms with Crippen LogP contribution in [0.2, 0.25) is 0 Å². The molecule has 2 aromatic carbocycles. The second kappa shape index (κ2) is 9.02. The van der Waals surface area contributed by atoms with Crippen LogP contribution in [0.4, 0.5) is 18.9 Å². The average Bonchev–Trinajstić information content (AvgIpc) is 2.64. The van der Waals surface area contributed by atoms with Crippen LogP contribution >= 0.6 is 0 Å². The normalized spacial score (nSPS) is 11.7. The lowest BCUT2D eigenvalue weighted by molar-refractivity contribution is -0.274. The van der Waals surface area contributed by atoms with Gasteiger partial charge in [-0.15, -0.1) is 13.2 Å². The van der Waals surface area contributed by atoms with Crippen LogP contribution in [0.1, 0.15) is 5.56 Å². The Balaban J connectivity index is 2.07. The fraction of sp³-hybridized carbons (Fsp3) is 0.278. The Labute approximate surface area is 155 Å². The maximum atomic E-state index is 12.5. The average molecular weight is 383 g/mol. The molecular formula is C18H20F3N3O3. The number of nitrogens with zero attached hydrogens (tertiary/aromatic N) is 1. The third-order valence-corrected chi connectivity index (χ3v) is 3.51. The van der Waals surface area contributed by atoms with E-state index in [4.69, 9.17) is 9.47 Å². The molecule has 2 rings (SSSR count). The Kier molecular flexibility index (Phi) is 6.75. The minimum Gasteiger partial charge on any atom is -0.493 e. The first-order chi connectivity index (χ1) is 12.9. The van der Waals surface area contributed by atoms with Crippen molar-refractivity contribution in [2.45, 2.75) is 12.9 Å². The molecule has 2 aromatic rings. The zero-order valence-electron chi connectivity index (χ0n) is 15.1. The molecule has 146 valence electrons. The molecule has 0 spiro atoms. The molecule has 0 aromatic heterocycles. The predicted octanol–water partition coefficient (Wildman–Crippen LogP) is 3.79. The lowest BCUT2D eigenvalue weighted by atomic mass is 10.2. The highest BCUT2D eigenvalue weighted by Gasteiger charge is 2.31. The molecule has 6 nitrogen and oxygen atoms in total. The molecule has 0 atom stereocenters. The first-order valence-corrected chi connectivity index (χ1v) is 7.89. The number of alkyl halides is 3. The van der Waals surface area contributed by atoms with Gasteiger partial charge in [0.1, 0.15) is 5.75 Å². The second-order valence-electron chi connectivity index (χ2n) is 5.28. The van der Waals surface area contributed by atoms with Gasteiger partial charge in [-0.05, 0) is 18.2 Å². The molecule has 0 aliphatic carbocycles. The molecule has 0 saturated carbocycles. The van der Waals surface area contributed by atoms with E-state index in [1.54, 1.807) is 31.3 Å². The topological polar surface area (TPSA) is 64.1 Å². The van der Waals surface area contributed by atoms with Crippen molar-refractivity contribution in [2.24, 2.45) is 4.99 Å². The highest BCUT2D eigenvalue weighted by atomic mass is 19.4. The monoisotopic (exact) mass is 383 g/mol. The lowest BCUT2D eigenvalue weighted by Gasteiger charge is -2.16. The number of anilines is 1. The van der Waals surface area contributed by atoms with Gasteiger partial charge in [-0.2, -0.15) is 0 Å². The van der Waals surface area contributed by atoms with Gasteiger partial charge in [-0.25, -0.2) is 0 Å². The third kappa shape index (κ3) is 5.98. The molecule has 9 heteroatoms. The molecule has 0 amide bonds. The summed E-state index contributed by atoms with van der Waals surface area (Å²) in [5, 5.41) is 5.98.